The van der Waals surface area contributed by atoms with Gasteiger partial charge in [0.1, 0.15) is 5.75 Å². The van der Waals surface area contributed by atoms with Gasteiger partial charge < -0.3 is 10.4 Å². The van der Waals surface area contributed by atoms with Crippen molar-refractivity contribution < 1.29 is 5.11 Å². The summed E-state index contributed by atoms with van der Waals surface area (Å²) in [6, 6.07) is 16.2. The van der Waals surface area contributed by atoms with Crippen LogP contribution in [0.5, 0.6) is 5.75 Å². The molecule has 0 saturated carbocycles. The number of hydrogen-bond donors (Lipinski definition) is 2. The summed E-state index contributed by atoms with van der Waals surface area (Å²) < 4.78 is 0. The van der Waals surface area contributed by atoms with E-state index in [0.29, 0.717) is 5.75 Å². The number of hydrogen-bond acceptors (Lipinski definition) is 2. The fraction of sp³-hybridized carbons (Fsp3) is 0.333. The number of phenols is 1. The lowest BCUT2D eigenvalue weighted by Gasteiger charge is -2.16. The minimum atomic E-state index is 0.170. The van der Waals surface area contributed by atoms with Gasteiger partial charge in [-0.2, -0.15) is 0 Å². The van der Waals surface area contributed by atoms with Crippen LogP contribution >= 0.6 is 0 Å². The van der Waals surface area contributed by atoms with Crippen molar-refractivity contribution in [2.45, 2.75) is 39.2 Å². The largest absolute Gasteiger partial charge is 0.508 e. The molecule has 2 heteroatoms. The second-order valence-corrected chi connectivity index (χ2v) is 5.26. The molecule has 0 aromatic heterocycles. The highest BCUT2D eigenvalue weighted by atomic mass is 16.3. The number of anilines is 1. The first-order chi connectivity index (χ1) is 9.69. The topological polar surface area (TPSA) is 32.3 Å². The van der Waals surface area contributed by atoms with Crippen molar-refractivity contribution in [3.05, 3.63) is 59.7 Å². The van der Waals surface area contributed by atoms with Crippen LogP contribution in [-0.2, 0) is 6.42 Å². The lowest BCUT2D eigenvalue weighted by Crippen LogP contribution is -2.06. The standard InChI is InChI=1S/C18H23NO/c1-3-4-6-15-9-11-17(12-10-15)19-14(2)16-7-5-8-18(20)13-16/h5,7-14,19-20H,3-4,6H2,1-2H3. The molecule has 20 heavy (non-hydrogen) atoms. The molecule has 0 amide bonds. The predicted octanol–water partition coefficient (Wildman–Crippen LogP) is 4.91. The number of phenolic OH excluding ortho intramolecular Hbond substituents is 1. The molecule has 1 atom stereocenters. The zero-order chi connectivity index (χ0) is 14.4. The number of benzene rings is 2. The van der Waals surface area contributed by atoms with Crippen LogP contribution in [0, 0.1) is 0 Å². The Hall–Kier alpha value is -1.96. The van der Waals surface area contributed by atoms with Gasteiger partial charge in [-0.15, -0.1) is 0 Å². The summed E-state index contributed by atoms with van der Waals surface area (Å²) in [5, 5.41) is 13.0. The summed E-state index contributed by atoms with van der Waals surface area (Å²) in [7, 11) is 0. The third kappa shape index (κ3) is 4.02. The van der Waals surface area contributed by atoms with E-state index in [1.807, 2.05) is 12.1 Å². The number of rotatable bonds is 6. The Labute approximate surface area is 121 Å². The molecule has 0 aliphatic heterocycles. The van der Waals surface area contributed by atoms with Crippen LogP contribution in [0.25, 0.3) is 0 Å². The van der Waals surface area contributed by atoms with Crippen LogP contribution in [-0.4, -0.2) is 5.11 Å². The van der Waals surface area contributed by atoms with E-state index in [1.165, 1.54) is 18.4 Å². The first-order valence-corrected chi connectivity index (χ1v) is 7.33. The first-order valence-electron chi connectivity index (χ1n) is 7.33. The van der Waals surface area contributed by atoms with E-state index < -0.39 is 0 Å². The molecule has 0 heterocycles. The Morgan fingerprint density at radius 2 is 1.85 bits per heavy atom. The first kappa shape index (κ1) is 14.4. The second-order valence-electron chi connectivity index (χ2n) is 5.26. The van der Waals surface area contributed by atoms with E-state index in [4.69, 9.17) is 0 Å². The molecule has 0 bridgehead atoms. The van der Waals surface area contributed by atoms with E-state index in [1.54, 1.807) is 12.1 Å². The Bertz CT molecular complexity index is 533. The molecule has 1 unspecified atom stereocenters. The monoisotopic (exact) mass is 269 g/mol. The van der Waals surface area contributed by atoms with Crippen molar-refractivity contribution in [1.29, 1.82) is 0 Å². The summed E-state index contributed by atoms with van der Waals surface area (Å²) >= 11 is 0. The lowest BCUT2D eigenvalue weighted by molar-refractivity contribution is 0.474. The highest BCUT2D eigenvalue weighted by Crippen LogP contribution is 2.22. The Morgan fingerprint density at radius 1 is 1.10 bits per heavy atom. The Kier molecular flexibility index (Phi) is 5.05. The highest BCUT2D eigenvalue weighted by molar-refractivity contribution is 5.47. The van der Waals surface area contributed by atoms with Crippen molar-refractivity contribution in [3.8, 4) is 5.75 Å². The van der Waals surface area contributed by atoms with Crippen molar-refractivity contribution >= 4 is 5.69 Å². The molecule has 2 aromatic carbocycles. The molecule has 106 valence electrons. The normalized spacial score (nSPS) is 12.1. The number of nitrogens with one attached hydrogen (secondary N) is 1. The van der Waals surface area contributed by atoms with Crippen LogP contribution in [0.4, 0.5) is 5.69 Å². The van der Waals surface area contributed by atoms with Crippen molar-refractivity contribution in [1.82, 2.24) is 0 Å². The molecule has 2 N–H and O–H groups in total. The average molecular weight is 269 g/mol. The summed E-state index contributed by atoms with van der Waals surface area (Å²) in [6.07, 6.45) is 3.62. The smallest absolute Gasteiger partial charge is 0.115 e. The average Bonchev–Trinajstić information content (AvgIpc) is 2.46. The molecule has 2 nitrogen and oxygen atoms in total. The van der Waals surface area contributed by atoms with Crippen molar-refractivity contribution in [2.75, 3.05) is 5.32 Å². The van der Waals surface area contributed by atoms with E-state index >= 15 is 0 Å². The summed E-state index contributed by atoms with van der Waals surface area (Å²) in [5.74, 6) is 0.311. The molecular weight excluding hydrogens is 246 g/mol. The molecule has 0 aliphatic carbocycles. The minimum absolute atomic E-state index is 0.170. The van der Waals surface area contributed by atoms with Gasteiger partial charge in [0.15, 0.2) is 0 Å². The SMILES string of the molecule is CCCCc1ccc(NC(C)c2cccc(O)c2)cc1. The maximum atomic E-state index is 9.52. The van der Waals surface area contributed by atoms with Gasteiger partial charge in [0, 0.05) is 11.7 Å². The maximum absolute atomic E-state index is 9.52. The summed E-state index contributed by atoms with van der Waals surface area (Å²) in [6.45, 7) is 4.31. The van der Waals surface area contributed by atoms with Crippen LogP contribution < -0.4 is 5.32 Å². The van der Waals surface area contributed by atoms with Crippen LogP contribution in [0.15, 0.2) is 48.5 Å². The molecule has 0 fully saturated rings. The molecule has 2 aromatic rings. The van der Waals surface area contributed by atoms with Gasteiger partial charge in [-0.25, -0.2) is 0 Å². The molecule has 0 saturated heterocycles. The van der Waals surface area contributed by atoms with Gasteiger partial charge in [-0.3, -0.25) is 0 Å². The fourth-order valence-electron chi connectivity index (χ4n) is 2.28. The fourth-order valence-corrected chi connectivity index (χ4v) is 2.28. The quantitative estimate of drug-likeness (QED) is 0.781. The van der Waals surface area contributed by atoms with Crippen LogP contribution in [0.3, 0.4) is 0 Å². The summed E-state index contributed by atoms with van der Waals surface area (Å²) in [4.78, 5) is 0. The number of aryl methyl sites for hydroxylation is 1. The van der Waals surface area contributed by atoms with Gasteiger partial charge in [0.25, 0.3) is 0 Å². The van der Waals surface area contributed by atoms with E-state index in [2.05, 4.69) is 43.4 Å². The van der Waals surface area contributed by atoms with Crippen molar-refractivity contribution in [2.24, 2.45) is 0 Å². The molecule has 0 spiro atoms. The second kappa shape index (κ2) is 6.99. The van der Waals surface area contributed by atoms with Crippen molar-refractivity contribution in [3.63, 3.8) is 0 Å². The minimum Gasteiger partial charge on any atom is -0.508 e. The highest BCUT2D eigenvalue weighted by Gasteiger charge is 2.05. The van der Waals surface area contributed by atoms with Gasteiger partial charge in [-0.1, -0.05) is 37.6 Å². The Balaban J connectivity index is 1.99. The predicted molar refractivity (Wildman–Crippen MR) is 85.2 cm³/mol. The van der Waals surface area contributed by atoms with Gasteiger partial charge in [0.2, 0.25) is 0 Å². The molecule has 0 radical (unpaired) electrons. The third-order valence-electron chi connectivity index (χ3n) is 3.53. The Morgan fingerprint density at radius 3 is 2.50 bits per heavy atom. The lowest BCUT2D eigenvalue weighted by atomic mass is 10.1. The van der Waals surface area contributed by atoms with Crippen LogP contribution in [0.1, 0.15) is 43.9 Å². The van der Waals surface area contributed by atoms with Crippen LogP contribution in [0.2, 0.25) is 0 Å². The zero-order valence-corrected chi connectivity index (χ0v) is 12.3. The maximum Gasteiger partial charge on any atom is 0.115 e. The molecule has 0 aliphatic rings. The van der Waals surface area contributed by atoms with E-state index in [0.717, 1.165) is 17.7 Å². The van der Waals surface area contributed by atoms with E-state index in [-0.39, 0.29) is 6.04 Å². The molecular formula is C18H23NO. The van der Waals surface area contributed by atoms with E-state index in [9.17, 15) is 5.11 Å². The summed E-state index contributed by atoms with van der Waals surface area (Å²) in [5.41, 5.74) is 3.59. The van der Waals surface area contributed by atoms with Gasteiger partial charge in [0.05, 0.1) is 0 Å². The van der Waals surface area contributed by atoms with Gasteiger partial charge >= 0.3 is 0 Å². The number of unbranched alkanes of at least 4 members (excludes halogenated alkanes) is 1. The zero-order valence-electron chi connectivity index (χ0n) is 12.3. The number of aromatic hydroxyl groups is 1. The van der Waals surface area contributed by atoms with Gasteiger partial charge in [-0.05, 0) is 55.2 Å². The third-order valence-corrected chi connectivity index (χ3v) is 3.53. The molecule has 2 rings (SSSR count).